The average molecular weight is 596 g/mol. The van der Waals surface area contributed by atoms with Gasteiger partial charge in [0.1, 0.15) is 23.4 Å². The molecule has 9 nitrogen and oxygen atoms in total. The minimum absolute atomic E-state index is 0.167. The zero-order chi connectivity index (χ0) is 30.9. The lowest BCUT2D eigenvalue weighted by Gasteiger charge is -2.48. The largest absolute Gasteiger partial charge is 0.484 e. The number of nitrogens with one attached hydrogen (secondary N) is 1. The number of hydrogen-bond donors (Lipinski definition) is 4. The number of anilines is 1. The molecule has 0 spiro atoms. The number of β-lactam (4-membered cyclic amide) rings is 1. The van der Waals surface area contributed by atoms with E-state index in [0.29, 0.717) is 42.8 Å². The molecule has 0 aromatic heterocycles. The number of nitrogens with two attached hydrogens (primary N) is 1. The summed E-state index contributed by atoms with van der Waals surface area (Å²) in [5.74, 6) is -2.80. The Morgan fingerprint density at radius 3 is 2.16 bits per heavy atom. The fourth-order valence-corrected chi connectivity index (χ4v) is 5.19. The topological polar surface area (TPSA) is 142 Å². The third-order valence-electron chi connectivity index (χ3n) is 7.50. The van der Waals surface area contributed by atoms with E-state index in [0.717, 1.165) is 5.56 Å². The number of unbranched alkanes of at least 4 members (excludes halogenated alkanes) is 1. The van der Waals surface area contributed by atoms with Crippen molar-refractivity contribution in [1.29, 1.82) is 0 Å². The number of aliphatic carboxylic acids is 1. The molecule has 5 N–H and O–H groups in total. The van der Waals surface area contributed by atoms with Gasteiger partial charge in [-0.2, -0.15) is 0 Å². The molecule has 4 atom stereocenters. The highest BCUT2D eigenvalue weighted by Gasteiger charge is 2.48. The van der Waals surface area contributed by atoms with Crippen molar-refractivity contribution in [1.82, 2.24) is 5.32 Å². The first-order valence-corrected chi connectivity index (χ1v) is 14.1. The molecule has 2 amide bonds. The van der Waals surface area contributed by atoms with E-state index in [2.05, 4.69) is 5.32 Å². The fourth-order valence-electron chi connectivity index (χ4n) is 5.19. The minimum atomic E-state index is -1.13. The molecular formula is C32H35F2N3O6. The Bertz CT molecular complexity index is 1390. The third-order valence-corrected chi connectivity index (χ3v) is 7.50. The monoisotopic (exact) mass is 595 g/mol. The molecule has 0 bridgehead atoms. The smallest absolute Gasteiger partial charge is 0.326 e. The number of rotatable bonds is 15. The number of aliphatic hydroxyl groups is 1. The van der Waals surface area contributed by atoms with Crippen LogP contribution < -0.4 is 20.7 Å². The van der Waals surface area contributed by atoms with E-state index in [9.17, 15) is 33.4 Å². The van der Waals surface area contributed by atoms with Crippen LogP contribution in [-0.4, -0.2) is 47.2 Å². The molecule has 0 radical (unpaired) electrons. The molecule has 3 aromatic rings. The van der Waals surface area contributed by atoms with E-state index in [1.165, 1.54) is 48.5 Å². The van der Waals surface area contributed by atoms with E-state index in [-0.39, 0.29) is 25.4 Å². The van der Waals surface area contributed by atoms with Gasteiger partial charge in [0.05, 0.1) is 18.1 Å². The van der Waals surface area contributed by atoms with Gasteiger partial charge in [-0.25, -0.2) is 13.6 Å². The zero-order valence-electron chi connectivity index (χ0n) is 23.5. The highest BCUT2D eigenvalue weighted by atomic mass is 19.1. The maximum absolute atomic E-state index is 13.6. The number of carbonyl (C=O) groups is 3. The van der Waals surface area contributed by atoms with E-state index < -0.39 is 47.6 Å². The Hall–Kier alpha value is -4.35. The van der Waals surface area contributed by atoms with Gasteiger partial charge in [-0.3, -0.25) is 9.59 Å². The van der Waals surface area contributed by atoms with Crippen LogP contribution in [0.15, 0.2) is 72.8 Å². The van der Waals surface area contributed by atoms with Crippen molar-refractivity contribution in [2.45, 2.75) is 50.3 Å². The van der Waals surface area contributed by atoms with Gasteiger partial charge in [0, 0.05) is 5.69 Å². The Balaban J connectivity index is 1.42. The number of hydrogen-bond acceptors (Lipinski definition) is 6. The van der Waals surface area contributed by atoms with Gasteiger partial charge in [-0.05, 0) is 98.3 Å². The van der Waals surface area contributed by atoms with Crippen LogP contribution in [0.3, 0.4) is 0 Å². The predicted octanol–water partition coefficient (Wildman–Crippen LogP) is 4.26. The lowest BCUT2D eigenvalue weighted by Crippen LogP contribution is -2.55. The van der Waals surface area contributed by atoms with Gasteiger partial charge in [-0.15, -0.1) is 0 Å². The van der Waals surface area contributed by atoms with Crippen LogP contribution in [0.1, 0.15) is 55.4 Å². The Morgan fingerprint density at radius 1 is 0.930 bits per heavy atom. The predicted molar refractivity (Wildman–Crippen MR) is 155 cm³/mol. The van der Waals surface area contributed by atoms with Crippen LogP contribution in [0.2, 0.25) is 0 Å². The zero-order valence-corrected chi connectivity index (χ0v) is 23.5. The van der Waals surface area contributed by atoms with Crippen molar-refractivity contribution in [3.8, 4) is 5.75 Å². The number of carbonyl (C=O) groups excluding carboxylic acids is 2. The minimum Gasteiger partial charge on any atom is -0.484 e. The highest BCUT2D eigenvalue weighted by Crippen LogP contribution is 2.46. The summed E-state index contributed by atoms with van der Waals surface area (Å²) in [6, 6.07) is 16.6. The summed E-state index contributed by atoms with van der Waals surface area (Å²) in [6.45, 7) is 0.0578. The second kappa shape index (κ2) is 14.7. The summed E-state index contributed by atoms with van der Waals surface area (Å²) in [7, 11) is 0. The van der Waals surface area contributed by atoms with Crippen LogP contribution >= 0.6 is 0 Å². The number of nitrogens with zero attached hydrogens (tertiary/aromatic N) is 1. The number of ether oxygens (including phenoxy) is 1. The summed E-state index contributed by atoms with van der Waals surface area (Å²) in [5, 5.41) is 22.4. The Kier molecular flexibility index (Phi) is 10.8. The molecule has 1 aliphatic rings. The Morgan fingerprint density at radius 2 is 1.56 bits per heavy atom. The second-order valence-electron chi connectivity index (χ2n) is 10.5. The van der Waals surface area contributed by atoms with Crippen molar-refractivity contribution in [3.05, 3.63) is 95.6 Å². The lowest BCUT2D eigenvalue weighted by molar-refractivity contribution is -0.142. The van der Waals surface area contributed by atoms with Gasteiger partial charge < -0.3 is 30.9 Å². The molecule has 0 aliphatic carbocycles. The number of aliphatic hydroxyl groups excluding tert-OH is 1. The average Bonchev–Trinajstić information content (AvgIpc) is 3.00. The molecule has 4 unspecified atom stereocenters. The SMILES string of the molecule is NCCCCC(NC(=O)COc1ccc(C2C(CCC(O)c3ccc(F)cc3)C(=O)N2c2ccc(F)cc2)cc1)C(=O)O. The first-order valence-electron chi connectivity index (χ1n) is 14.1. The molecule has 11 heteroatoms. The third kappa shape index (κ3) is 8.14. The van der Waals surface area contributed by atoms with Crippen molar-refractivity contribution in [2.24, 2.45) is 11.7 Å². The van der Waals surface area contributed by atoms with E-state index in [1.54, 1.807) is 29.2 Å². The first kappa shape index (κ1) is 31.6. The summed E-state index contributed by atoms with van der Waals surface area (Å²) in [4.78, 5) is 38.6. The fraction of sp³-hybridized carbons (Fsp3) is 0.344. The summed E-state index contributed by atoms with van der Waals surface area (Å²) in [5.41, 5.74) is 7.30. The van der Waals surface area contributed by atoms with Gasteiger partial charge in [0.25, 0.3) is 5.91 Å². The number of halogens is 2. The van der Waals surface area contributed by atoms with Gasteiger partial charge in [0.15, 0.2) is 6.61 Å². The summed E-state index contributed by atoms with van der Waals surface area (Å²) in [6.07, 6.45) is 1.24. The van der Waals surface area contributed by atoms with Crippen LogP contribution in [0, 0.1) is 17.6 Å². The summed E-state index contributed by atoms with van der Waals surface area (Å²) < 4.78 is 32.4. The van der Waals surface area contributed by atoms with Crippen molar-refractivity contribution >= 4 is 23.5 Å². The molecule has 228 valence electrons. The van der Waals surface area contributed by atoms with Crippen LogP contribution in [0.5, 0.6) is 5.75 Å². The van der Waals surface area contributed by atoms with Gasteiger partial charge in [0.2, 0.25) is 5.91 Å². The standard InChI is InChI=1S/C32H35F2N3O6/c33-22-8-4-20(5-9-22)28(38)17-16-26-30(37(31(26)40)24-12-10-23(34)11-13-24)21-6-14-25(15-7-21)43-19-29(39)36-27(32(41)42)3-1-2-18-35/h4-15,26-28,30,38H,1-3,16-19,35H2,(H,36,39)(H,41,42). The highest BCUT2D eigenvalue weighted by molar-refractivity contribution is 6.03. The lowest BCUT2D eigenvalue weighted by atomic mass is 9.78. The number of carboxylic acids is 1. The number of amides is 2. The molecule has 1 heterocycles. The number of carboxylic acid groups (broad SMARTS) is 1. The van der Waals surface area contributed by atoms with Crippen LogP contribution in [0.4, 0.5) is 14.5 Å². The molecule has 0 saturated carbocycles. The first-order chi connectivity index (χ1) is 20.7. The van der Waals surface area contributed by atoms with Crippen molar-refractivity contribution < 1.29 is 38.1 Å². The molecule has 1 saturated heterocycles. The molecule has 1 aliphatic heterocycles. The van der Waals surface area contributed by atoms with E-state index in [1.807, 2.05) is 0 Å². The molecule has 4 rings (SSSR count). The van der Waals surface area contributed by atoms with Crippen molar-refractivity contribution in [3.63, 3.8) is 0 Å². The van der Waals surface area contributed by atoms with Crippen LogP contribution in [0.25, 0.3) is 0 Å². The van der Waals surface area contributed by atoms with E-state index >= 15 is 0 Å². The van der Waals surface area contributed by atoms with E-state index in [4.69, 9.17) is 10.5 Å². The molecule has 43 heavy (non-hydrogen) atoms. The van der Waals surface area contributed by atoms with Crippen LogP contribution in [-0.2, 0) is 14.4 Å². The molecule has 3 aromatic carbocycles. The van der Waals surface area contributed by atoms with Gasteiger partial charge >= 0.3 is 5.97 Å². The van der Waals surface area contributed by atoms with Gasteiger partial charge in [-0.1, -0.05) is 24.3 Å². The quantitative estimate of drug-likeness (QED) is 0.152. The molecule has 1 fully saturated rings. The summed E-state index contributed by atoms with van der Waals surface area (Å²) >= 11 is 0. The van der Waals surface area contributed by atoms with Crippen molar-refractivity contribution in [2.75, 3.05) is 18.1 Å². The Labute approximate surface area is 248 Å². The number of benzene rings is 3. The second-order valence-corrected chi connectivity index (χ2v) is 10.5. The maximum Gasteiger partial charge on any atom is 0.326 e. The molecular weight excluding hydrogens is 560 g/mol. The maximum atomic E-state index is 13.6. The normalized spacial score (nSPS) is 17.6.